The van der Waals surface area contributed by atoms with E-state index in [2.05, 4.69) is 16.0 Å². The maximum atomic E-state index is 12.0. The molecule has 0 fully saturated rings. The van der Waals surface area contributed by atoms with Gasteiger partial charge in [-0.2, -0.15) is 0 Å². The molecular weight excluding hydrogens is 387 g/mol. The summed E-state index contributed by atoms with van der Waals surface area (Å²) in [4.78, 5) is 12.0. The lowest BCUT2D eigenvalue weighted by Crippen LogP contribution is -2.50. The molecule has 146 valence electrons. The standard InChI is InChI=1S/C19H24Cl2N4O2/c1-19(2,11-23-18(27)25-13-6-4-3-5-7-13)24-10-16(26)12-8-14(20)17(22)15(21)9-12/h3-9,16,24,26H,10-11,22H2,1-2H3,(H2,23,25,27). The van der Waals surface area contributed by atoms with E-state index in [0.29, 0.717) is 27.8 Å². The number of nitrogen functional groups attached to an aromatic ring is 1. The van der Waals surface area contributed by atoms with Crippen molar-refractivity contribution in [3.05, 3.63) is 58.1 Å². The second kappa shape index (κ2) is 9.28. The van der Waals surface area contributed by atoms with E-state index in [9.17, 15) is 9.90 Å². The minimum Gasteiger partial charge on any atom is -0.396 e. The Labute approximate surface area is 169 Å². The second-order valence-corrected chi connectivity index (χ2v) is 7.67. The SMILES string of the molecule is CC(C)(CNC(=O)Nc1ccccc1)NCC(O)c1cc(Cl)c(N)c(Cl)c1. The fraction of sp³-hybridized carbons (Fsp3) is 0.316. The van der Waals surface area contributed by atoms with Gasteiger partial charge in [0, 0.05) is 24.3 Å². The maximum Gasteiger partial charge on any atom is 0.319 e. The quantitative estimate of drug-likeness (QED) is 0.448. The van der Waals surface area contributed by atoms with Crippen LogP contribution < -0.4 is 21.7 Å². The Hall–Kier alpha value is -1.99. The first-order chi connectivity index (χ1) is 12.7. The van der Waals surface area contributed by atoms with Crippen molar-refractivity contribution in [1.29, 1.82) is 0 Å². The van der Waals surface area contributed by atoms with Crippen LogP contribution >= 0.6 is 23.2 Å². The average molecular weight is 411 g/mol. The van der Waals surface area contributed by atoms with E-state index in [-0.39, 0.29) is 18.3 Å². The number of carbonyl (C=O) groups excluding carboxylic acids is 1. The topological polar surface area (TPSA) is 99.4 Å². The van der Waals surface area contributed by atoms with Crippen molar-refractivity contribution in [2.45, 2.75) is 25.5 Å². The van der Waals surface area contributed by atoms with Crippen molar-refractivity contribution in [2.75, 3.05) is 24.1 Å². The van der Waals surface area contributed by atoms with Crippen molar-refractivity contribution in [2.24, 2.45) is 0 Å². The number of nitrogens with two attached hydrogens (primary N) is 1. The molecule has 0 saturated heterocycles. The molecule has 2 rings (SSSR count). The Balaban J connectivity index is 1.84. The van der Waals surface area contributed by atoms with Crippen molar-refractivity contribution >= 4 is 40.6 Å². The highest BCUT2D eigenvalue weighted by atomic mass is 35.5. The zero-order valence-corrected chi connectivity index (χ0v) is 16.7. The summed E-state index contributed by atoms with van der Waals surface area (Å²) in [5, 5.41) is 19.8. The number of hydrogen-bond acceptors (Lipinski definition) is 4. The van der Waals surface area contributed by atoms with Crippen LogP contribution in [0.4, 0.5) is 16.2 Å². The highest BCUT2D eigenvalue weighted by molar-refractivity contribution is 6.38. The molecule has 0 aliphatic carbocycles. The van der Waals surface area contributed by atoms with E-state index >= 15 is 0 Å². The maximum absolute atomic E-state index is 12.0. The van der Waals surface area contributed by atoms with Gasteiger partial charge >= 0.3 is 6.03 Å². The Morgan fingerprint density at radius 1 is 1.19 bits per heavy atom. The van der Waals surface area contributed by atoms with Crippen LogP contribution in [-0.2, 0) is 0 Å². The lowest BCUT2D eigenvalue weighted by atomic mass is 10.0. The van der Waals surface area contributed by atoms with Gasteiger partial charge in [0.1, 0.15) is 0 Å². The molecule has 0 heterocycles. The zero-order chi connectivity index (χ0) is 20.0. The molecule has 6 nitrogen and oxygen atoms in total. The molecule has 0 radical (unpaired) electrons. The summed E-state index contributed by atoms with van der Waals surface area (Å²) in [6.07, 6.45) is -0.821. The number of amides is 2. The first-order valence-electron chi connectivity index (χ1n) is 8.45. The summed E-state index contributed by atoms with van der Waals surface area (Å²) in [7, 11) is 0. The number of urea groups is 1. The third-order valence-electron chi connectivity index (χ3n) is 3.98. The molecule has 2 aromatic rings. The molecule has 2 amide bonds. The zero-order valence-electron chi connectivity index (χ0n) is 15.2. The summed E-state index contributed by atoms with van der Waals surface area (Å²) in [5.74, 6) is 0. The van der Waals surface area contributed by atoms with Crippen molar-refractivity contribution in [1.82, 2.24) is 10.6 Å². The van der Waals surface area contributed by atoms with Crippen LogP contribution in [-0.4, -0.2) is 29.8 Å². The van der Waals surface area contributed by atoms with E-state index in [4.69, 9.17) is 28.9 Å². The van der Waals surface area contributed by atoms with Gasteiger partial charge in [0.25, 0.3) is 0 Å². The fourth-order valence-corrected chi connectivity index (χ4v) is 2.85. The van der Waals surface area contributed by atoms with Gasteiger partial charge < -0.3 is 26.8 Å². The number of aliphatic hydroxyl groups excluding tert-OH is 1. The molecule has 1 atom stereocenters. The van der Waals surface area contributed by atoms with E-state index in [1.807, 2.05) is 44.2 Å². The van der Waals surface area contributed by atoms with Crippen LogP contribution in [0.3, 0.4) is 0 Å². The number of anilines is 2. The molecular formula is C19H24Cl2N4O2. The third-order valence-corrected chi connectivity index (χ3v) is 4.61. The Kier molecular flexibility index (Phi) is 7.33. The number of β-amino-alcohol motifs (C(OH)–C–C–N with tert-alkyl or cyclic N) is 1. The molecule has 0 aliphatic rings. The number of carbonyl (C=O) groups is 1. The molecule has 0 aliphatic heterocycles. The van der Waals surface area contributed by atoms with E-state index in [1.54, 1.807) is 12.1 Å². The molecule has 27 heavy (non-hydrogen) atoms. The lowest BCUT2D eigenvalue weighted by Gasteiger charge is -2.28. The molecule has 2 aromatic carbocycles. The number of para-hydroxylation sites is 1. The van der Waals surface area contributed by atoms with E-state index < -0.39 is 11.6 Å². The molecule has 8 heteroatoms. The van der Waals surface area contributed by atoms with Crippen LogP contribution in [0, 0.1) is 0 Å². The summed E-state index contributed by atoms with van der Waals surface area (Å²) in [5.41, 5.74) is 6.83. The number of hydrogen-bond donors (Lipinski definition) is 5. The summed E-state index contributed by atoms with van der Waals surface area (Å²) in [6, 6.07) is 12.1. The average Bonchev–Trinajstić information content (AvgIpc) is 2.63. The molecule has 6 N–H and O–H groups in total. The van der Waals surface area contributed by atoms with Gasteiger partial charge in [-0.05, 0) is 43.7 Å². The fourth-order valence-electron chi connectivity index (χ4n) is 2.35. The van der Waals surface area contributed by atoms with Crippen LogP contribution in [0.1, 0.15) is 25.5 Å². The van der Waals surface area contributed by atoms with Gasteiger partial charge in [0.2, 0.25) is 0 Å². The normalized spacial score (nSPS) is 12.5. The molecule has 0 saturated carbocycles. The predicted octanol–water partition coefficient (Wildman–Crippen LogP) is 3.80. The Bertz CT molecular complexity index is 762. The van der Waals surface area contributed by atoms with Gasteiger partial charge in [-0.15, -0.1) is 0 Å². The minimum atomic E-state index is -0.821. The van der Waals surface area contributed by atoms with Crippen LogP contribution in [0.25, 0.3) is 0 Å². The van der Waals surface area contributed by atoms with Gasteiger partial charge in [0.15, 0.2) is 0 Å². The third kappa shape index (κ3) is 6.59. The van der Waals surface area contributed by atoms with Crippen LogP contribution in [0.5, 0.6) is 0 Å². The molecule has 0 spiro atoms. The first-order valence-corrected chi connectivity index (χ1v) is 9.21. The number of benzene rings is 2. The van der Waals surface area contributed by atoms with Crippen LogP contribution in [0.2, 0.25) is 10.0 Å². The number of halogens is 2. The number of aliphatic hydroxyl groups is 1. The van der Waals surface area contributed by atoms with Crippen molar-refractivity contribution < 1.29 is 9.90 Å². The smallest absolute Gasteiger partial charge is 0.319 e. The summed E-state index contributed by atoms with van der Waals surface area (Å²) in [6.45, 7) is 4.46. The Morgan fingerprint density at radius 2 is 1.78 bits per heavy atom. The van der Waals surface area contributed by atoms with E-state index in [1.165, 1.54) is 0 Å². The lowest BCUT2D eigenvalue weighted by molar-refractivity contribution is 0.160. The highest BCUT2D eigenvalue weighted by Crippen LogP contribution is 2.31. The van der Waals surface area contributed by atoms with Crippen molar-refractivity contribution in [3.8, 4) is 0 Å². The minimum absolute atomic E-state index is 0.256. The molecule has 1 unspecified atom stereocenters. The van der Waals surface area contributed by atoms with Gasteiger partial charge in [-0.1, -0.05) is 41.4 Å². The number of nitrogens with one attached hydrogen (secondary N) is 3. The molecule has 0 aromatic heterocycles. The number of rotatable bonds is 7. The first kappa shape index (κ1) is 21.3. The molecule has 0 bridgehead atoms. The van der Waals surface area contributed by atoms with Gasteiger partial charge in [-0.25, -0.2) is 4.79 Å². The van der Waals surface area contributed by atoms with E-state index in [0.717, 1.165) is 0 Å². The monoisotopic (exact) mass is 410 g/mol. The predicted molar refractivity (Wildman–Crippen MR) is 111 cm³/mol. The van der Waals surface area contributed by atoms with Gasteiger partial charge in [-0.3, -0.25) is 0 Å². The largest absolute Gasteiger partial charge is 0.396 e. The van der Waals surface area contributed by atoms with Crippen molar-refractivity contribution in [3.63, 3.8) is 0 Å². The van der Waals surface area contributed by atoms with Gasteiger partial charge in [0.05, 0.1) is 21.8 Å². The summed E-state index contributed by atoms with van der Waals surface area (Å²) < 4.78 is 0. The Morgan fingerprint density at radius 3 is 2.37 bits per heavy atom. The second-order valence-electron chi connectivity index (χ2n) is 6.85. The summed E-state index contributed by atoms with van der Waals surface area (Å²) >= 11 is 12.0. The van der Waals surface area contributed by atoms with Crippen LogP contribution in [0.15, 0.2) is 42.5 Å². The highest BCUT2D eigenvalue weighted by Gasteiger charge is 2.21.